The summed E-state index contributed by atoms with van der Waals surface area (Å²) in [5.74, 6) is 0.925. The van der Waals surface area contributed by atoms with Crippen LogP contribution in [0, 0.1) is 0 Å². The molecule has 1 aliphatic rings. The Morgan fingerprint density at radius 1 is 1.32 bits per heavy atom. The molecule has 0 saturated heterocycles. The molecule has 1 heterocycles. The molecular formula is C15H16Cl2N4O. The molecule has 1 amide bonds. The summed E-state index contributed by atoms with van der Waals surface area (Å²) in [6, 6.07) is 7.27. The fourth-order valence-corrected chi connectivity index (χ4v) is 2.97. The average molecular weight is 339 g/mol. The lowest BCUT2D eigenvalue weighted by Gasteiger charge is -2.34. The van der Waals surface area contributed by atoms with Crippen LogP contribution in [0.2, 0.25) is 10.0 Å². The summed E-state index contributed by atoms with van der Waals surface area (Å²) >= 11 is 11.8. The SMILES string of the molecule is Nc1cc([C@H]2C[C@@H](NC(=O)Cc3ccc(Cl)c(Cl)c3)C2)n[nH]1. The molecule has 5 nitrogen and oxygen atoms in total. The van der Waals surface area contributed by atoms with Crippen molar-refractivity contribution < 1.29 is 4.79 Å². The van der Waals surface area contributed by atoms with E-state index < -0.39 is 0 Å². The van der Waals surface area contributed by atoms with Crippen molar-refractivity contribution in [3.8, 4) is 0 Å². The van der Waals surface area contributed by atoms with Gasteiger partial charge in [0.2, 0.25) is 5.91 Å². The maximum absolute atomic E-state index is 12.0. The summed E-state index contributed by atoms with van der Waals surface area (Å²) in [4.78, 5) is 12.0. The number of nitrogens with two attached hydrogens (primary N) is 1. The first-order valence-electron chi connectivity index (χ1n) is 7.05. The molecule has 4 N–H and O–H groups in total. The molecule has 0 atom stereocenters. The van der Waals surface area contributed by atoms with E-state index in [1.807, 2.05) is 12.1 Å². The number of halogens is 2. The summed E-state index contributed by atoms with van der Waals surface area (Å²) in [6.07, 6.45) is 2.07. The molecule has 7 heteroatoms. The number of aromatic amines is 1. The molecule has 1 fully saturated rings. The lowest BCUT2D eigenvalue weighted by atomic mass is 9.78. The van der Waals surface area contributed by atoms with Gasteiger partial charge in [-0.15, -0.1) is 0 Å². The third-order valence-electron chi connectivity index (χ3n) is 3.89. The molecule has 0 aliphatic heterocycles. The summed E-state index contributed by atoms with van der Waals surface area (Å²) in [5.41, 5.74) is 7.43. The number of carbonyl (C=O) groups excluding carboxylic acids is 1. The highest BCUT2D eigenvalue weighted by atomic mass is 35.5. The smallest absolute Gasteiger partial charge is 0.224 e. The van der Waals surface area contributed by atoms with E-state index in [-0.39, 0.29) is 11.9 Å². The number of nitrogens with zero attached hydrogens (tertiary/aromatic N) is 1. The van der Waals surface area contributed by atoms with Gasteiger partial charge in [0.1, 0.15) is 5.82 Å². The molecular weight excluding hydrogens is 323 g/mol. The van der Waals surface area contributed by atoms with E-state index in [9.17, 15) is 4.79 Å². The first-order chi connectivity index (χ1) is 10.5. The lowest BCUT2D eigenvalue weighted by Crippen LogP contribution is -2.44. The standard InChI is InChI=1S/C15H16Cl2N4O/c16-11-2-1-8(3-12(11)17)4-15(22)19-10-5-9(6-10)13-7-14(18)21-20-13/h1-3,7,9-10H,4-6H2,(H,19,22)(H3,18,20,21)/t9-,10+. The van der Waals surface area contributed by atoms with Crippen molar-refractivity contribution in [2.75, 3.05) is 5.73 Å². The molecule has 22 heavy (non-hydrogen) atoms. The molecule has 1 saturated carbocycles. The van der Waals surface area contributed by atoms with Gasteiger partial charge < -0.3 is 11.1 Å². The molecule has 0 spiro atoms. The maximum Gasteiger partial charge on any atom is 0.224 e. The highest BCUT2D eigenvalue weighted by Gasteiger charge is 2.32. The number of amides is 1. The monoisotopic (exact) mass is 338 g/mol. The number of nitrogens with one attached hydrogen (secondary N) is 2. The van der Waals surface area contributed by atoms with E-state index in [0.717, 1.165) is 24.1 Å². The number of carbonyl (C=O) groups is 1. The number of aromatic nitrogens is 2. The quantitative estimate of drug-likeness (QED) is 0.801. The number of anilines is 1. The Bertz CT molecular complexity index is 695. The second kappa shape index (κ2) is 6.18. The van der Waals surface area contributed by atoms with Gasteiger partial charge >= 0.3 is 0 Å². The van der Waals surface area contributed by atoms with E-state index in [2.05, 4.69) is 15.5 Å². The van der Waals surface area contributed by atoms with Crippen LogP contribution in [0.25, 0.3) is 0 Å². The number of rotatable bonds is 4. The zero-order valence-electron chi connectivity index (χ0n) is 11.8. The van der Waals surface area contributed by atoms with Gasteiger partial charge in [0, 0.05) is 18.0 Å². The fourth-order valence-electron chi connectivity index (χ4n) is 2.65. The van der Waals surface area contributed by atoms with Crippen LogP contribution in [0.3, 0.4) is 0 Å². The van der Waals surface area contributed by atoms with Crippen LogP contribution in [0.1, 0.15) is 30.0 Å². The highest BCUT2D eigenvalue weighted by molar-refractivity contribution is 6.42. The highest BCUT2D eigenvalue weighted by Crippen LogP contribution is 2.36. The molecule has 116 valence electrons. The second-order valence-electron chi connectivity index (χ2n) is 5.61. The Morgan fingerprint density at radius 2 is 2.09 bits per heavy atom. The molecule has 0 unspecified atom stereocenters. The van der Waals surface area contributed by atoms with Gasteiger partial charge in [0.05, 0.1) is 22.2 Å². The van der Waals surface area contributed by atoms with Crippen molar-refractivity contribution in [2.24, 2.45) is 0 Å². The Hall–Kier alpha value is -1.72. The molecule has 3 rings (SSSR count). The Balaban J connectivity index is 1.48. The number of hydrogen-bond acceptors (Lipinski definition) is 3. The van der Waals surface area contributed by atoms with Crippen LogP contribution in [-0.4, -0.2) is 22.1 Å². The fraction of sp³-hybridized carbons (Fsp3) is 0.333. The number of benzene rings is 1. The predicted molar refractivity (Wildman–Crippen MR) is 87.1 cm³/mol. The normalized spacial score (nSPS) is 20.5. The third kappa shape index (κ3) is 3.36. The minimum absolute atomic E-state index is 0.0108. The second-order valence-corrected chi connectivity index (χ2v) is 6.42. The Labute approximate surface area is 138 Å². The average Bonchev–Trinajstić information content (AvgIpc) is 2.84. The first-order valence-corrected chi connectivity index (χ1v) is 7.81. The van der Waals surface area contributed by atoms with E-state index in [4.69, 9.17) is 28.9 Å². The Kier molecular flexibility index (Phi) is 4.27. The molecule has 1 aliphatic carbocycles. The van der Waals surface area contributed by atoms with Crippen molar-refractivity contribution in [1.82, 2.24) is 15.5 Å². The minimum atomic E-state index is -0.0108. The molecule has 1 aromatic carbocycles. The maximum atomic E-state index is 12.0. The molecule has 1 aromatic heterocycles. The third-order valence-corrected chi connectivity index (χ3v) is 4.63. The largest absolute Gasteiger partial charge is 0.384 e. The van der Waals surface area contributed by atoms with Gasteiger partial charge in [-0.05, 0) is 30.5 Å². The summed E-state index contributed by atoms with van der Waals surface area (Å²) in [5, 5.41) is 10.9. The van der Waals surface area contributed by atoms with Crippen LogP contribution < -0.4 is 11.1 Å². The summed E-state index contributed by atoms with van der Waals surface area (Å²) in [7, 11) is 0. The van der Waals surface area contributed by atoms with Gasteiger partial charge in [-0.25, -0.2) is 0 Å². The van der Waals surface area contributed by atoms with E-state index in [0.29, 0.717) is 28.2 Å². The van der Waals surface area contributed by atoms with Gasteiger partial charge in [-0.3, -0.25) is 9.89 Å². The molecule has 2 aromatic rings. The van der Waals surface area contributed by atoms with Crippen molar-refractivity contribution in [2.45, 2.75) is 31.2 Å². The number of hydrogen-bond donors (Lipinski definition) is 3. The number of nitrogen functional groups attached to an aromatic ring is 1. The van der Waals surface area contributed by atoms with Crippen LogP contribution in [0.15, 0.2) is 24.3 Å². The molecule has 0 radical (unpaired) electrons. The van der Waals surface area contributed by atoms with E-state index in [1.165, 1.54) is 0 Å². The molecule has 0 bridgehead atoms. The predicted octanol–water partition coefficient (Wildman–Crippen LogP) is 2.90. The zero-order valence-corrected chi connectivity index (χ0v) is 13.3. The topological polar surface area (TPSA) is 83.8 Å². The lowest BCUT2D eigenvalue weighted by molar-refractivity contribution is -0.121. The first kappa shape index (κ1) is 15.2. The van der Waals surface area contributed by atoms with Crippen molar-refractivity contribution >= 4 is 34.9 Å². The zero-order chi connectivity index (χ0) is 15.7. The van der Waals surface area contributed by atoms with Gasteiger partial charge in [0.15, 0.2) is 0 Å². The van der Waals surface area contributed by atoms with Gasteiger partial charge in [-0.2, -0.15) is 5.10 Å². The van der Waals surface area contributed by atoms with Crippen molar-refractivity contribution in [3.63, 3.8) is 0 Å². The van der Waals surface area contributed by atoms with Gasteiger partial charge in [0.25, 0.3) is 0 Å². The van der Waals surface area contributed by atoms with Crippen LogP contribution in [0.5, 0.6) is 0 Å². The number of H-pyrrole nitrogens is 1. The van der Waals surface area contributed by atoms with Crippen LogP contribution in [0.4, 0.5) is 5.82 Å². The summed E-state index contributed by atoms with van der Waals surface area (Å²) < 4.78 is 0. The van der Waals surface area contributed by atoms with Crippen molar-refractivity contribution in [1.29, 1.82) is 0 Å². The van der Waals surface area contributed by atoms with E-state index >= 15 is 0 Å². The van der Waals surface area contributed by atoms with Crippen molar-refractivity contribution in [3.05, 3.63) is 45.6 Å². The van der Waals surface area contributed by atoms with Crippen LogP contribution >= 0.6 is 23.2 Å². The van der Waals surface area contributed by atoms with Crippen LogP contribution in [-0.2, 0) is 11.2 Å². The minimum Gasteiger partial charge on any atom is -0.384 e. The summed E-state index contributed by atoms with van der Waals surface area (Å²) in [6.45, 7) is 0. The Morgan fingerprint density at radius 3 is 2.73 bits per heavy atom. The van der Waals surface area contributed by atoms with Gasteiger partial charge in [-0.1, -0.05) is 29.3 Å². The van der Waals surface area contributed by atoms with E-state index in [1.54, 1.807) is 12.1 Å².